The van der Waals surface area contributed by atoms with Crippen LogP contribution >= 0.6 is 0 Å². The Hall–Kier alpha value is -1.47. The smallest absolute Gasteiger partial charge is 0.230 e. The largest absolute Gasteiger partial charge is 0.368 e. The Morgan fingerprint density at radius 2 is 1.87 bits per heavy atom. The van der Waals surface area contributed by atoms with Crippen LogP contribution in [0.3, 0.4) is 0 Å². The van der Waals surface area contributed by atoms with Crippen molar-refractivity contribution in [3.63, 3.8) is 0 Å². The lowest BCUT2D eigenvalue weighted by Gasteiger charge is -2.34. The zero-order valence-corrected chi connectivity index (χ0v) is 8.37. The molecular weight excluding hydrogens is 194 g/mol. The van der Waals surface area contributed by atoms with Gasteiger partial charge in [0.15, 0.2) is 0 Å². The van der Waals surface area contributed by atoms with Crippen LogP contribution in [0.5, 0.6) is 0 Å². The van der Waals surface area contributed by atoms with Gasteiger partial charge in [-0.25, -0.2) is 9.97 Å². The summed E-state index contributed by atoms with van der Waals surface area (Å²) in [6.45, 7) is 1.41. The summed E-state index contributed by atoms with van der Waals surface area (Å²) in [4.78, 5) is 13.8. The first-order valence-electron chi connectivity index (χ1n) is 4.86. The van der Waals surface area contributed by atoms with E-state index in [0.717, 1.165) is 6.42 Å². The lowest BCUT2D eigenvalue weighted by atomic mass is 10.0. The van der Waals surface area contributed by atoms with E-state index in [-0.39, 0.29) is 18.0 Å². The lowest BCUT2D eigenvalue weighted by molar-refractivity contribution is 0.447. The van der Waals surface area contributed by atoms with Gasteiger partial charge in [-0.15, -0.1) is 0 Å². The van der Waals surface area contributed by atoms with Gasteiger partial charge >= 0.3 is 0 Å². The lowest BCUT2D eigenvalue weighted by Crippen LogP contribution is -2.52. The molecule has 1 saturated heterocycles. The van der Waals surface area contributed by atoms with Crippen molar-refractivity contribution < 1.29 is 0 Å². The zero-order valence-electron chi connectivity index (χ0n) is 8.37. The molecule has 0 saturated carbocycles. The standard InChI is InChI=1S/C8H15N7/c9-5-1-6(10)3-15(2-5)8-13-4-12-7(11)14-8/h4-6H,1-3,9-10H2,(H2,11,12,13,14)/t5-,6+. The molecular formula is C8H15N7. The molecule has 7 heteroatoms. The van der Waals surface area contributed by atoms with E-state index in [9.17, 15) is 0 Å². The molecule has 2 heterocycles. The Morgan fingerprint density at radius 1 is 1.20 bits per heavy atom. The number of anilines is 2. The van der Waals surface area contributed by atoms with Crippen LogP contribution in [0, 0.1) is 0 Å². The number of piperidine rings is 1. The van der Waals surface area contributed by atoms with Gasteiger partial charge in [0.25, 0.3) is 0 Å². The highest BCUT2D eigenvalue weighted by molar-refractivity contribution is 5.34. The molecule has 0 aromatic carbocycles. The summed E-state index contributed by atoms with van der Waals surface area (Å²) in [7, 11) is 0. The number of rotatable bonds is 1. The maximum absolute atomic E-state index is 5.87. The first-order valence-corrected chi connectivity index (χ1v) is 4.86. The fraction of sp³-hybridized carbons (Fsp3) is 0.625. The van der Waals surface area contributed by atoms with Crippen LogP contribution in [0.25, 0.3) is 0 Å². The Morgan fingerprint density at radius 3 is 2.47 bits per heavy atom. The minimum atomic E-state index is 0.0618. The van der Waals surface area contributed by atoms with Crippen LogP contribution in [-0.4, -0.2) is 40.1 Å². The minimum Gasteiger partial charge on any atom is -0.368 e. The molecule has 0 amide bonds. The average Bonchev–Trinajstić information content (AvgIpc) is 2.16. The molecule has 0 bridgehead atoms. The molecule has 0 spiro atoms. The number of aromatic nitrogens is 3. The summed E-state index contributed by atoms with van der Waals surface area (Å²) in [6.07, 6.45) is 2.22. The second kappa shape index (κ2) is 3.95. The van der Waals surface area contributed by atoms with Gasteiger partial charge in [-0.05, 0) is 6.42 Å². The molecule has 15 heavy (non-hydrogen) atoms. The average molecular weight is 209 g/mol. The highest BCUT2D eigenvalue weighted by Crippen LogP contribution is 2.14. The summed E-state index contributed by atoms with van der Waals surface area (Å²) < 4.78 is 0. The van der Waals surface area contributed by atoms with Crippen LogP contribution in [0.4, 0.5) is 11.9 Å². The molecule has 1 aliphatic heterocycles. The Kier molecular flexibility index (Phi) is 2.65. The van der Waals surface area contributed by atoms with Gasteiger partial charge in [0.1, 0.15) is 6.33 Å². The molecule has 1 fully saturated rings. The molecule has 7 nitrogen and oxygen atoms in total. The number of nitrogens with zero attached hydrogens (tertiary/aromatic N) is 4. The van der Waals surface area contributed by atoms with Crippen molar-refractivity contribution in [3.05, 3.63) is 6.33 Å². The topological polar surface area (TPSA) is 120 Å². The predicted molar refractivity (Wildman–Crippen MR) is 57.0 cm³/mol. The second-order valence-electron chi connectivity index (χ2n) is 3.80. The van der Waals surface area contributed by atoms with Gasteiger partial charge in [-0.1, -0.05) is 0 Å². The molecule has 2 atom stereocenters. The van der Waals surface area contributed by atoms with Gasteiger partial charge in [0.2, 0.25) is 11.9 Å². The normalized spacial score (nSPS) is 26.7. The molecule has 1 aromatic rings. The van der Waals surface area contributed by atoms with Crippen molar-refractivity contribution in [1.29, 1.82) is 0 Å². The van der Waals surface area contributed by atoms with Gasteiger partial charge < -0.3 is 22.1 Å². The van der Waals surface area contributed by atoms with E-state index in [0.29, 0.717) is 19.0 Å². The number of nitrogen functional groups attached to an aromatic ring is 1. The molecule has 1 aliphatic rings. The third-order valence-electron chi connectivity index (χ3n) is 2.38. The van der Waals surface area contributed by atoms with Crippen LogP contribution in [0.15, 0.2) is 6.33 Å². The van der Waals surface area contributed by atoms with Crippen molar-refractivity contribution in [3.8, 4) is 0 Å². The van der Waals surface area contributed by atoms with Crippen molar-refractivity contribution >= 4 is 11.9 Å². The molecule has 2 rings (SSSR count). The minimum absolute atomic E-state index is 0.0618. The molecule has 1 aromatic heterocycles. The van der Waals surface area contributed by atoms with Gasteiger partial charge in [-0.2, -0.15) is 4.98 Å². The Balaban J connectivity index is 2.16. The van der Waals surface area contributed by atoms with E-state index in [1.807, 2.05) is 4.90 Å². The van der Waals surface area contributed by atoms with E-state index in [4.69, 9.17) is 17.2 Å². The summed E-state index contributed by atoms with van der Waals surface area (Å²) in [6, 6.07) is 0.124. The van der Waals surface area contributed by atoms with Gasteiger partial charge in [0.05, 0.1) is 0 Å². The third-order valence-corrected chi connectivity index (χ3v) is 2.38. The SMILES string of the molecule is Nc1ncnc(N2C[C@H](N)C[C@H](N)C2)n1. The fourth-order valence-electron chi connectivity index (χ4n) is 1.79. The maximum Gasteiger partial charge on any atom is 0.230 e. The van der Waals surface area contributed by atoms with Crippen LogP contribution in [-0.2, 0) is 0 Å². The molecule has 0 aliphatic carbocycles. The molecule has 0 radical (unpaired) electrons. The summed E-state index contributed by atoms with van der Waals surface area (Å²) in [5.41, 5.74) is 17.2. The quantitative estimate of drug-likeness (QED) is 0.505. The fourth-order valence-corrected chi connectivity index (χ4v) is 1.79. The van der Waals surface area contributed by atoms with Crippen molar-refractivity contribution in [1.82, 2.24) is 15.0 Å². The van der Waals surface area contributed by atoms with Crippen molar-refractivity contribution in [2.75, 3.05) is 23.7 Å². The highest BCUT2D eigenvalue weighted by Gasteiger charge is 2.24. The number of nitrogens with two attached hydrogens (primary N) is 3. The molecule has 0 unspecified atom stereocenters. The van der Waals surface area contributed by atoms with E-state index in [1.54, 1.807) is 0 Å². The first kappa shape index (κ1) is 10.1. The first-order chi connectivity index (χ1) is 7.15. The van der Waals surface area contributed by atoms with E-state index >= 15 is 0 Å². The van der Waals surface area contributed by atoms with Crippen molar-refractivity contribution in [2.24, 2.45) is 11.5 Å². The van der Waals surface area contributed by atoms with Crippen LogP contribution in [0.1, 0.15) is 6.42 Å². The van der Waals surface area contributed by atoms with E-state index in [1.165, 1.54) is 6.33 Å². The molecule has 6 N–H and O–H groups in total. The third kappa shape index (κ3) is 2.31. The Bertz CT molecular complexity index is 332. The maximum atomic E-state index is 5.87. The van der Waals surface area contributed by atoms with Crippen molar-refractivity contribution in [2.45, 2.75) is 18.5 Å². The molecule has 82 valence electrons. The summed E-state index contributed by atoms with van der Waals surface area (Å²) in [5.74, 6) is 0.765. The number of hydrogen-bond acceptors (Lipinski definition) is 7. The van der Waals surface area contributed by atoms with Crippen LogP contribution in [0.2, 0.25) is 0 Å². The van der Waals surface area contributed by atoms with E-state index in [2.05, 4.69) is 15.0 Å². The zero-order chi connectivity index (χ0) is 10.8. The summed E-state index contributed by atoms with van der Waals surface area (Å²) in [5, 5.41) is 0. The highest BCUT2D eigenvalue weighted by atomic mass is 15.3. The predicted octanol–water partition coefficient (Wildman–Crippen LogP) is -1.68. The second-order valence-corrected chi connectivity index (χ2v) is 3.80. The van der Waals surface area contributed by atoms with Gasteiger partial charge in [0, 0.05) is 25.2 Å². The Labute approximate surface area is 87.7 Å². The monoisotopic (exact) mass is 209 g/mol. The van der Waals surface area contributed by atoms with Crippen LogP contribution < -0.4 is 22.1 Å². The number of hydrogen-bond donors (Lipinski definition) is 3. The summed E-state index contributed by atoms with van der Waals surface area (Å²) >= 11 is 0. The van der Waals surface area contributed by atoms with Gasteiger partial charge in [-0.3, -0.25) is 0 Å². The van der Waals surface area contributed by atoms with E-state index < -0.39 is 0 Å².